The minimum Gasteiger partial charge on any atom is -0.356 e. The van der Waals surface area contributed by atoms with E-state index >= 15 is 0 Å². The number of aromatic nitrogens is 2. The maximum Gasteiger partial charge on any atom is 0.274 e. The van der Waals surface area contributed by atoms with E-state index in [-0.39, 0.29) is 11.8 Å². The molecular weight excluding hydrogens is 342 g/mol. The van der Waals surface area contributed by atoms with Gasteiger partial charge in [-0.2, -0.15) is 0 Å². The van der Waals surface area contributed by atoms with E-state index < -0.39 is 0 Å². The molecule has 0 radical (unpaired) electrons. The van der Waals surface area contributed by atoms with Gasteiger partial charge in [0, 0.05) is 37.5 Å². The Morgan fingerprint density at radius 3 is 2.11 bits per heavy atom. The second-order valence-electron chi connectivity index (χ2n) is 6.77. The number of nitrogens with zero attached hydrogens (tertiary/aromatic N) is 3. The fraction of sp³-hybridized carbons (Fsp3) is 0.400. The van der Waals surface area contributed by atoms with Gasteiger partial charge >= 0.3 is 0 Å². The van der Waals surface area contributed by atoms with Crippen molar-refractivity contribution in [1.82, 2.24) is 9.97 Å². The summed E-state index contributed by atoms with van der Waals surface area (Å²) in [6.07, 6.45) is 4.77. The predicted octanol–water partition coefficient (Wildman–Crippen LogP) is 3.38. The number of hydrogen-bond acceptors (Lipinski definition) is 5. The number of carbonyl (C=O) groups is 2. The van der Waals surface area contributed by atoms with Gasteiger partial charge in [-0.1, -0.05) is 12.8 Å². The standard InChI is InChI=1S/C20H25N5O2/c1-14-21-18(13-19(22-14)25-11-5-3-4-6-12-25)20(27)24-17-9-7-16(8-10-17)23-15(2)26/h7-10,13H,3-6,11-12H2,1-2H3,(H,23,26)(H,24,27). The van der Waals surface area contributed by atoms with Gasteiger partial charge in [0.15, 0.2) is 0 Å². The second kappa shape index (κ2) is 8.62. The summed E-state index contributed by atoms with van der Waals surface area (Å²) < 4.78 is 0. The van der Waals surface area contributed by atoms with E-state index in [4.69, 9.17) is 0 Å². The first-order valence-corrected chi connectivity index (χ1v) is 9.31. The second-order valence-corrected chi connectivity index (χ2v) is 6.77. The predicted molar refractivity (Wildman–Crippen MR) is 106 cm³/mol. The number of carbonyl (C=O) groups excluding carboxylic acids is 2. The maximum atomic E-state index is 12.6. The Hall–Kier alpha value is -2.96. The van der Waals surface area contributed by atoms with Gasteiger partial charge in [0.05, 0.1) is 0 Å². The van der Waals surface area contributed by atoms with Crippen LogP contribution in [0.15, 0.2) is 30.3 Å². The number of nitrogens with one attached hydrogen (secondary N) is 2. The molecule has 7 heteroatoms. The molecule has 3 rings (SSSR count). The largest absolute Gasteiger partial charge is 0.356 e. The van der Waals surface area contributed by atoms with Crippen LogP contribution in [0.3, 0.4) is 0 Å². The normalized spacial score (nSPS) is 14.4. The van der Waals surface area contributed by atoms with Crippen LogP contribution in [-0.4, -0.2) is 34.9 Å². The number of amides is 2. The van der Waals surface area contributed by atoms with Crippen molar-refractivity contribution in [3.8, 4) is 0 Å². The highest BCUT2D eigenvalue weighted by molar-refractivity contribution is 6.03. The summed E-state index contributed by atoms with van der Waals surface area (Å²) in [5.74, 6) is 0.992. The van der Waals surface area contributed by atoms with Crippen molar-refractivity contribution < 1.29 is 9.59 Å². The Morgan fingerprint density at radius 2 is 1.52 bits per heavy atom. The number of benzene rings is 1. The molecule has 0 saturated carbocycles. The van der Waals surface area contributed by atoms with E-state index in [2.05, 4.69) is 25.5 Å². The smallest absolute Gasteiger partial charge is 0.274 e. The van der Waals surface area contributed by atoms with Crippen LogP contribution in [0.5, 0.6) is 0 Å². The molecule has 1 fully saturated rings. The first-order chi connectivity index (χ1) is 13.0. The van der Waals surface area contributed by atoms with E-state index in [9.17, 15) is 9.59 Å². The van der Waals surface area contributed by atoms with Crippen molar-refractivity contribution in [2.75, 3.05) is 28.6 Å². The Morgan fingerprint density at radius 1 is 0.926 bits per heavy atom. The van der Waals surface area contributed by atoms with Crippen molar-refractivity contribution in [3.63, 3.8) is 0 Å². The fourth-order valence-electron chi connectivity index (χ4n) is 3.17. The lowest BCUT2D eigenvalue weighted by Gasteiger charge is -2.22. The number of rotatable bonds is 4. The van der Waals surface area contributed by atoms with Crippen molar-refractivity contribution in [3.05, 3.63) is 41.9 Å². The zero-order valence-electron chi connectivity index (χ0n) is 15.8. The summed E-state index contributed by atoms with van der Waals surface area (Å²) in [5.41, 5.74) is 1.68. The SMILES string of the molecule is CC(=O)Nc1ccc(NC(=O)c2cc(N3CCCCCC3)nc(C)n2)cc1. The van der Waals surface area contributed by atoms with E-state index in [1.807, 2.05) is 0 Å². The molecule has 1 aliphatic rings. The molecule has 0 spiro atoms. The summed E-state index contributed by atoms with van der Waals surface area (Å²) in [5, 5.41) is 5.54. The van der Waals surface area contributed by atoms with Crippen LogP contribution in [0, 0.1) is 6.92 Å². The fourth-order valence-corrected chi connectivity index (χ4v) is 3.17. The summed E-state index contributed by atoms with van der Waals surface area (Å²) >= 11 is 0. The van der Waals surface area contributed by atoms with Gasteiger partial charge < -0.3 is 15.5 Å². The van der Waals surface area contributed by atoms with Gasteiger partial charge in [-0.15, -0.1) is 0 Å². The minimum atomic E-state index is -0.274. The lowest BCUT2D eigenvalue weighted by Crippen LogP contribution is -2.26. The van der Waals surface area contributed by atoms with Crippen LogP contribution in [-0.2, 0) is 4.79 Å². The van der Waals surface area contributed by atoms with Crippen LogP contribution in [0.2, 0.25) is 0 Å². The Kier molecular flexibility index (Phi) is 6.01. The van der Waals surface area contributed by atoms with Crippen molar-refractivity contribution in [2.24, 2.45) is 0 Å². The first kappa shape index (κ1) is 18.8. The maximum absolute atomic E-state index is 12.6. The molecule has 0 aliphatic carbocycles. The lowest BCUT2D eigenvalue weighted by molar-refractivity contribution is -0.114. The van der Waals surface area contributed by atoms with Crippen LogP contribution >= 0.6 is 0 Å². The topological polar surface area (TPSA) is 87.2 Å². The molecule has 1 aromatic carbocycles. The highest BCUT2D eigenvalue weighted by Crippen LogP contribution is 2.19. The molecular formula is C20H25N5O2. The van der Waals surface area contributed by atoms with E-state index in [0.717, 1.165) is 31.7 Å². The molecule has 0 bridgehead atoms. The minimum absolute atomic E-state index is 0.135. The first-order valence-electron chi connectivity index (χ1n) is 9.31. The quantitative estimate of drug-likeness (QED) is 0.865. The van der Waals surface area contributed by atoms with E-state index in [1.165, 1.54) is 19.8 Å². The van der Waals surface area contributed by atoms with Crippen LogP contribution in [0.25, 0.3) is 0 Å². The Balaban J connectivity index is 1.73. The Labute approximate surface area is 159 Å². The van der Waals surface area contributed by atoms with Crippen molar-refractivity contribution >= 4 is 29.0 Å². The molecule has 1 aliphatic heterocycles. The van der Waals surface area contributed by atoms with Crippen LogP contribution in [0.4, 0.5) is 17.2 Å². The van der Waals surface area contributed by atoms with Gasteiger partial charge in [0.1, 0.15) is 17.3 Å². The molecule has 27 heavy (non-hydrogen) atoms. The highest BCUT2D eigenvalue weighted by Gasteiger charge is 2.16. The Bertz CT molecular complexity index is 812. The lowest BCUT2D eigenvalue weighted by atomic mass is 10.2. The molecule has 142 valence electrons. The van der Waals surface area contributed by atoms with Gasteiger partial charge in [-0.05, 0) is 44.0 Å². The summed E-state index contributed by atoms with van der Waals surface area (Å²) in [7, 11) is 0. The van der Waals surface area contributed by atoms with Crippen LogP contribution < -0.4 is 15.5 Å². The molecule has 1 saturated heterocycles. The van der Waals surface area contributed by atoms with Crippen LogP contribution in [0.1, 0.15) is 48.9 Å². The third-order valence-electron chi connectivity index (χ3n) is 4.45. The molecule has 2 amide bonds. The molecule has 0 atom stereocenters. The molecule has 2 N–H and O–H groups in total. The zero-order valence-corrected chi connectivity index (χ0v) is 15.8. The monoisotopic (exact) mass is 367 g/mol. The van der Waals surface area contributed by atoms with Crippen molar-refractivity contribution in [2.45, 2.75) is 39.5 Å². The van der Waals surface area contributed by atoms with E-state index in [0.29, 0.717) is 22.9 Å². The third kappa shape index (κ3) is 5.26. The zero-order chi connectivity index (χ0) is 19.2. The number of aryl methyl sites for hydroxylation is 1. The van der Waals surface area contributed by atoms with Gasteiger partial charge in [0.2, 0.25) is 5.91 Å². The van der Waals surface area contributed by atoms with Gasteiger partial charge in [0.25, 0.3) is 5.91 Å². The number of hydrogen-bond donors (Lipinski definition) is 2. The highest BCUT2D eigenvalue weighted by atomic mass is 16.2. The molecule has 0 unspecified atom stereocenters. The van der Waals surface area contributed by atoms with Crippen molar-refractivity contribution in [1.29, 1.82) is 0 Å². The van der Waals surface area contributed by atoms with Gasteiger partial charge in [-0.25, -0.2) is 9.97 Å². The van der Waals surface area contributed by atoms with E-state index in [1.54, 1.807) is 37.3 Å². The average Bonchev–Trinajstić information content (AvgIpc) is 2.92. The molecule has 2 aromatic rings. The third-order valence-corrected chi connectivity index (χ3v) is 4.45. The summed E-state index contributed by atoms with van der Waals surface area (Å²) in [6, 6.07) is 8.73. The molecule has 1 aromatic heterocycles. The summed E-state index contributed by atoms with van der Waals surface area (Å²) in [6.45, 7) is 5.18. The van der Waals surface area contributed by atoms with Gasteiger partial charge in [-0.3, -0.25) is 9.59 Å². The molecule has 7 nitrogen and oxygen atoms in total. The summed E-state index contributed by atoms with van der Waals surface area (Å²) in [4.78, 5) is 34.8. The molecule has 2 heterocycles. The number of anilines is 3. The average molecular weight is 367 g/mol.